The van der Waals surface area contributed by atoms with Crippen molar-refractivity contribution in [2.45, 2.75) is 37.8 Å². The van der Waals surface area contributed by atoms with Crippen LogP contribution in [0.2, 0.25) is 0 Å². The summed E-state index contributed by atoms with van der Waals surface area (Å²) in [5.41, 5.74) is 0.367. The smallest absolute Gasteiger partial charge is 0.321 e. The molecule has 0 amide bonds. The Morgan fingerprint density at radius 3 is 2.47 bits per heavy atom. The van der Waals surface area contributed by atoms with Gasteiger partial charge in [-0.3, -0.25) is 9.48 Å². The van der Waals surface area contributed by atoms with Crippen LogP contribution in [-0.2, 0) is 20.4 Å². The first-order chi connectivity index (χ1) is 7.74. The average Bonchev–Trinajstić information content (AvgIpc) is 2.64. The van der Waals surface area contributed by atoms with Gasteiger partial charge in [-0.05, 0) is 26.8 Å². The number of rotatable bonds is 5. The Hall–Kier alpha value is -1.37. The largest absolute Gasteiger partial charge is 0.480 e. The lowest BCUT2D eigenvalue weighted by Crippen LogP contribution is -2.28. The molecule has 0 aliphatic rings. The number of sulfone groups is 1. The zero-order valence-electron chi connectivity index (χ0n) is 9.99. The molecule has 0 spiro atoms. The summed E-state index contributed by atoms with van der Waals surface area (Å²) in [6, 6.07) is 1.73. The minimum Gasteiger partial charge on any atom is -0.480 e. The number of carboxylic acid groups (broad SMARTS) is 1. The molecule has 0 aliphatic carbocycles. The van der Waals surface area contributed by atoms with Crippen LogP contribution in [-0.4, -0.2) is 34.5 Å². The van der Waals surface area contributed by atoms with Gasteiger partial charge in [-0.1, -0.05) is 0 Å². The highest BCUT2D eigenvalue weighted by atomic mass is 32.2. The van der Waals surface area contributed by atoms with Crippen LogP contribution in [0.3, 0.4) is 0 Å². The first-order valence-electron chi connectivity index (χ1n) is 5.22. The maximum Gasteiger partial charge on any atom is 0.321 e. The second-order valence-electron chi connectivity index (χ2n) is 4.17. The Labute approximate surface area is 100 Å². The number of aromatic nitrogens is 2. The van der Waals surface area contributed by atoms with E-state index in [0.29, 0.717) is 5.69 Å². The predicted octanol–water partition coefficient (Wildman–Crippen LogP) is 0.852. The van der Waals surface area contributed by atoms with E-state index < -0.39 is 21.1 Å². The average molecular weight is 260 g/mol. The molecule has 0 bridgehead atoms. The number of carbonyl (C=O) groups is 1. The van der Waals surface area contributed by atoms with E-state index in [2.05, 4.69) is 5.10 Å². The van der Waals surface area contributed by atoms with Gasteiger partial charge < -0.3 is 5.11 Å². The van der Waals surface area contributed by atoms with Crippen molar-refractivity contribution < 1.29 is 18.3 Å². The number of hydrogen-bond donors (Lipinski definition) is 1. The highest BCUT2D eigenvalue weighted by molar-refractivity contribution is 7.91. The molecule has 6 nitrogen and oxygen atoms in total. The fourth-order valence-corrected chi connectivity index (χ4v) is 2.35. The van der Waals surface area contributed by atoms with Gasteiger partial charge in [0, 0.05) is 12.2 Å². The normalized spacial score (nSPS) is 13.9. The molecule has 0 fully saturated rings. The van der Waals surface area contributed by atoms with Crippen LogP contribution in [0.5, 0.6) is 0 Å². The summed E-state index contributed by atoms with van der Waals surface area (Å²) in [6.45, 7) is 5.01. The quantitative estimate of drug-likeness (QED) is 0.847. The van der Waals surface area contributed by atoms with Crippen molar-refractivity contribution in [2.24, 2.45) is 0 Å². The van der Waals surface area contributed by atoms with Crippen LogP contribution in [0.25, 0.3) is 0 Å². The molecule has 1 atom stereocenters. The molecule has 1 aromatic heterocycles. The van der Waals surface area contributed by atoms with Crippen LogP contribution in [0.15, 0.2) is 12.3 Å². The molecule has 1 heterocycles. The Morgan fingerprint density at radius 2 is 2.06 bits per heavy atom. The van der Waals surface area contributed by atoms with Gasteiger partial charge in [0.2, 0.25) is 0 Å². The summed E-state index contributed by atoms with van der Waals surface area (Å²) in [6.07, 6.45) is 1.68. The topological polar surface area (TPSA) is 89.3 Å². The highest BCUT2D eigenvalue weighted by Crippen LogP contribution is 2.11. The molecule has 0 radical (unpaired) electrons. The van der Waals surface area contributed by atoms with Gasteiger partial charge in [-0.15, -0.1) is 0 Å². The van der Waals surface area contributed by atoms with Crippen LogP contribution >= 0.6 is 0 Å². The molecule has 96 valence electrons. The molecule has 1 rings (SSSR count). The zero-order valence-corrected chi connectivity index (χ0v) is 10.8. The third-order valence-corrected chi connectivity index (χ3v) is 4.41. The molecule has 1 aromatic rings. The molecule has 0 aliphatic heterocycles. The van der Waals surface area contributed by atoms with E-state index in [1.165, 1.54) is 0 Å². The minimum absolute atomic E-state index is 0.142. The van der Waals surface area contributed by atoms with Crippen molar-refractivity contribution in [3.05, 3.63) is 18.0 Å². The Kier molecular flexibility index (Phi) is 3.92. The molecule has 0 saturated heterocycles. The van der Waals surface area contributed by atoms with E-state index in [-0.39, 0.29) is 11.8 Å². The third kappa shape index (κ3) is 3.29. The lowest BCUT2D eigenvalue weighted by atomic mass is 10.4. The fourth-order valence-electron chi connectivity index (χ4n) is 1.23. The summed E-state index contributed by atoms with van der Waals surface area (Å²) < 4.78 is 25.0. The van der Waals surface area contributed by atoms with Crippen LogP contribution in [0, 0.1) is 0 Å². The number of carboxylic acids is 1. The Bertz CT molecular complexity index is 504. The zero-order chi connectivity index (χ0) is 13.2. The highest BCUT2D eigenvalue weighted by Gasteiger charge is 2.28. The van der Waals surface area contributed by atoms with Crippen molar-refractivity contribution in [3.8, 4) is 0 Å². The van der Waals surface area contributed by atoms with Crippen molar-refractivity contribution in [2.75, 3.05) is 0 Å². The van der Waals surface area contributed by atoms with E-state index in [1.54, 1.807) is 16.9 Å². The van der Waals surface area contributed by atoms with Crippen LogP contribution in [0.4, 0.5) is 0 Å². The van der Waals surface area contributed by atoms with Crippen molar-refractivity contribution >= 4 is 15.8 Å². The van der Waals surface area contributed by atoms with Gasteiger partial charge in [-0.25, -0.2) is 8.42 Å². The van der Waals surface area contributed by atoms with E-state index >= 15 is 0 Å². The van der Waals surface area contributed by atoms with Gasteiger partial charge in [0.05, 0.1) is 11.4 Å². The van der Waals surface area contributed by atoms with Gasteiger partial charge >= 0.3 is 5.97 Å². The van der Waals surface area contributed by atoms with Crippen molar-refractivity contribution in [1.82, 2.24) is 9.78 Å². The van der Waals surface area contributed by atoms with E-state index in [9.17, 15) is 13.2 Å². The monoisotopic (exact) mass is 260 g/mol. The summed E-state index contributed by atoms with van der Waals surface area (Å²) >= 11 is 0. The molecule has 0 aromatic carbocycles. The Morgan fingerprint density at radius 1 is 1.47 bits per heavy atom. The first-order valence-corrected chi connectivity index (χ1v) is 6.94. The van der Waals surface area contributed by atoms with E-state index in [0.717, 1.165) is 6.92 Å². The maximum absolute atomic E-state index is 11.7. The molecular weight excluding hydrogens is 244 g/mol. The number of nitrogens with zero attached hydrogens (tertiary/aromatic N) is 2. The van der Waals surface area contributed by atoms with E-state index in [1.807, 2.05) is 13.8 Å². The first kappa shape index (κ1) is 13.7. The van der Waals surface area contributed by atoms with Gasteiger partial charge in [-0.2, -0.15) is 5.10 Å². The fraction of sp³-hybridized carbons (Fsp3) is 0.600. The Balaban J connectivity index is 2.87. The standard InChI is InChI=1S/C10H16N2O4S/c1-7(2)12-5-4-9(11-12)6-17(15,16)8(3)10(13)14/h4-5,7-8H,6H2,1-3H3,(H,13,14). The second kappa shape index (κ2) is 4.87. The lowest BCUT2D eigenvalue weighted by Gasteiger charge is -2.07. The molecule has 7 heteroatoms. The minimum atomic E-state index is -3.70. The van der Waals surface area contributed by atoms with E-state index in [4.69, 9.17) is 5.11 Å². The van der Waals surface area contributed by atoms with Gasteiger partial charge in [0.1, 0.15) is 0 Å². The third-order valence-electron chi connectivity index (χ3n) is 2.43. The maximum atomic E-state index is 11.7. The number of aliphatic carboxylic acids is 1. The molecule has 0 saturated carbocycles. The molecule has 1 unspecified atom stereocenters. The lowest BCUT2D eigenvalue weighted by molar-refractivity contribution is -0.136. The summed E-state index contributed by atoms with van der Waals surface area (Å²) in [5, 5.41) is 11.4. The molecule has 1 N–H and O–H groups in total. The predicted molar refractivity (Wildman–Crippen MR) is 62.3 cm³/mol. The van der Waals surface area contributed by atoms with Gasteiger partial charge in [0.15, 0.2) is 15.1 Å². The van der Waals surface area contributed by atoms with Gasteiger partial charge in [0.25, 0.3) is 0 Å². The summed E-state index contributed by atoms with van der Waals surface area (Å²) in [4.78, 5) is 10.6. The number of hydrogen-bond acceptors (Lipinski definition) is 4. The molecular formula is C10H16N2O4S. The second-order valence-corrected chi connectivity index (χ2v) is 6.49. The van der Waals surface area contributed by atoms with Crippen molar-refractivity contribution in [3.63, 3.8) is 0 Å². The van der Waals surface area contributed by atoms with Crippen molar-refractivity contribution in [1.29, 1.82) is 0 Å². The summed E-state index contributed by atoms with van der Waals surface area (Å²) in [5.74, 6) is -1.69. The van der Waals surface area contributed by atoms with Crippen LogP contribution in [0.1, 0.15) is 32.5 Å². The SMILES string of the molecule is CC(C)n1ccc(CS(=O)(=O)C(C)C(=O)O)n1. The van der Waals surface area contributed by atoms with Crippen LogP contribution < -0.4 is 0 Å². The molecule has 17 heavy (non-hydrogen) atoms. The summed E-state index contributed by atoms with van der Waals surface area (Å²) in [7, 11) is -3.70.